The Morgan fingerprint density at radius 2 is 2.11 bits per heavy atom. The average Bonchev–Trinajstić information content (AvgIpc) is 2.68. The molecule has 1 aromatic rings. The van der Waals surface area contributed by atoms with E-state index in [0.717, 1.165) is 17.9 Å². The van der Waals surface area contributed by atoms with Gasteiger partial charge in [-0.3, -0.25) is 4.79 Å². The van der Waals surface area contributed by atoms with Gasteiger partial charge < -0.3 is 14.7 Å². The van der Waals surface area contributed by atoms with Gasteiger partial charge in [0, 0.05) is 13.0 Å². The van der Waals surface area contributed by atoms with Crippen molar-refractivity contribution in [2.24, 2.45) is 5.92 Å². The highest BCUT2D eigenvalue weighted by atomic mass is 16.5. The van der Waals surface area contributed by atoms with Crippen LogP contribution < -0.4 is 4.74 Å². The van der Waals surface area contributed by atoms with Crippen LogP contribution in [0.2, 0.25) is 0 Å². The van der Waals surface area contributed by atoms with Gasteiger partial charge in [-0.05, 0) is 23.6 Å². The van der Waals surface area contributed by atoms with Gasteiger partial charge in [0.25, 0.3) is 0 Å². The molecule has 1 aliphatic heterocycles. The van der Waals surface area contributed by atoms with Crippen molar-refractivity contribution in [1.82, 2.24) is 4.90 Å². The normalized spacial score (nSPS) is 21.2. The fourth-order valence-electron chi connectivity index (χ4n) is 2.29. The number of rotatable bonds is 4. The second-order valence-electron chi connectivity index (χ2n) is 4.90. The molecule has 0 radical (unpaired) electrons. The molecule has 1 amide bonds. The van der Waals surface area contributed by atoms with Gasteiger partial charge in [0.15, 0.2) is 0 Å². The summed E-state index contributed by atoms with van der Waals surface area (Å²) < 4.78 is 5.07. The maximum Gasteiger partial charge on any atom is 0.223 e. The molecule has 1 heterocycles. The van der Waals surface area contributed by atoms with Gasteiger partial charge in [-0.15, -0.1) is 0 Å². The number of carbonyl (C=O) groups is 1. The summed E-state index contributed by atoms with van der Waals surface area (Å²) in [6, 6.07) is 7.28. The van der Waals surface area contributed by atoms with Gasteiger partial charge >= 0.3 is 0 Å². The summed E-state index contributed by atoms with van der Waals surface area (Å²) >= 11 is 0. The summed E-state index contributed by atoms with van der Waals surface area (Å²) in [5.74, 6) is 1.28. The predicted octanol–water partition coefficient (Wildman–Crippen LogP) is 1.60. The molecule has 0 spiro atoms. The number of likely N-dealkylation sites (tertiary alicyclic amines) is 1. The Morgan fingerprint density at radius 1 is 1.44 bits per heavy atom. The summed E-state index contributed by atoms with van der Waals surface area (Å²) in [5.41, 5.74) is 0.808. The highest BCUT2D eigenvalue weighted by molar-refractivity contribution is 5.78. The van der Waals surface area contributed by atoms with Crippen LogP contribution in [0.15, 0.2) is 24.3 Å². The molecule has 4 heteroatoms. The van der Waals surface area contributed by atoms with Gasteiger partial charge in [-0.1, -0.05) is 19.1 Å². The van der Waals surface area contributed by atoms with Crippen molar-refractivity contribution in [3.05, 3.63) is 29.8 Å². The van der Waals surface area contributed by atoms with E-state index >= 15 is 0 Å². The van der Waals surface area contributed by atoms with Gasteiger partial charge in [-0.25, -0.2) is 0 Å². The number of carbonyl (C=O) groups excluding carboxylic acids is 1. The van der Waals surface area contributed by atoms with Crippen molar-refractivity contribution in [3.63, 3.8) is 0 Å². The monoisotopic (exact) mass is 249 g/mol. The van der Waals surface area contributed by atoms with Crippen LogP contribution in [0.5, 0.6) is 5.75 Å². The third kappa shape index (κ3) is 2.82. The molecule has 98 valence electrons. The topological polar surface area (TPSA) is 49.8 Å². The minimum Gasteiger partial charge on any atom is -0.497 e. The molecule has 0 aromatic heterocycles. The molecule has 0 bridgehead atoms. The summed E-state index contributed by atoms with van der Waals surface area (Å²) in [7, 11) is 1.61. The number of ether oxygens (including phenoxy) is 1. The quantitative estimate of drug-likeness (QED) is 0.881. The van der Waals surface area contributed by atoms with Crippen molar-refractivity contribution < 1.29 is 14.6 Å². The zero-order chi connectivity index (χ0) is 13.1. The fraction of sp³-hybridized carbons (Fsp3) is 0.500. The number of aliphatic hydroxyl groups excluding tert-OH is 1. The zero-order valence-corrected chi connectivity index (χ0v) is 10.8. The minimum atomic E-state index is -0.634. The molecule has 1 saturated heterocycles. The smallest absolute Gasteiger partial charge is 0.223 e. The van der Waals surface area contributed by atoms with Gasteiger partial charge in [0.2, 0.25) is 5.91 Å². The highest BCUT2D eigenvalue weighted by Gasteiger charge is 2.28. The van der Waals surface area contributed by atoms with E-state index < -0.39 is 6.10 Å². The maximum absolute atomic E-state index is 11.6. The Labute approximate surface area is 107 Å². The molecule has 1 aromatic carbocycles. The van der Waals surface area contributed by atoms with E-state index in [1.165, 1.54) is 0 Å². The summed E-state index contributed by atoms with van der Waals surface area (Å²) in [5, 5.41) is 10.1. The molecule has 1 N–H and O–H groups in total. The van der Waals surface area contributed by atoms with Crippen LogP contribution in [-0.4, -0.2) is 36.1 Å². The largest absolute Gasteiger partial charge is 0.497 e. The molecular formula is C14H19NO3. The molecule has 2 rings (SSSR count). The number of hydrogen-bond acceptors (Lipinski definition) is 3. The van der Waals surface area contributed by atoms with E-state index in [4.69, 9.17) is 4.74 Å². The number of aliphatic hydroxyl groups is 1. The summed E-state index contributed by atoms with van der Waals surface area (Å²) in [6.07, 6.45) is -0.0415. The van der Waals surface area contributed by atoms with E-state index in [-0.39, 0.29) is 5.91 Å². The van der Waals surface area contributed by atoms with Gasteiger partial charge in [0.05, 0.1) is 19.8 Å². The lowest BCUT2D eigenvalue weighted by atomic mass is 10.1. The van der Waals surface area contributed by atoms with E-state index in [9.17, 15) is 9.90 Å². The van der Waals surface area contributed by atoms with Crippen LogP contribution in [0.25, 0.3) is 0 Å². The Kier molecular flexibility index (Phi) is 3.87. The molecule has 0 saturated carbocycles. The van der Waals surface area contributed by atoms with Crippen molar-refractivity contribution >= 4 is 5.91 Å². The van der Waals surface area contributed by atoms with E-state index in [2.05, 4.69) is 6.92 Å². The van der Waals surface area contributed by atoms with E-state index in [1.54, 1.807) is 12.0 Å². The van der Waals surface area contributed by atoms with E-state index in [1.807, 2.05) is 24.3 Å². The third-order valence-electron chi connectivity index (χ3n) is 3.30. The summed E-state index contributed by atoms with van der Waals surface area (Å²) in [6.45, 7) is 3.17. The van der Waals surface area contributed by atoms with E-state index in [0.29, 0.717) is 18.9 Å². The second kappa shape index (κ2) is 5.40. The first-order valence-corrected chi connectivity index (χ1v) is 6.20. The maximum atomic E-state index is 11.6. The first-order chi connectivity index (χ1) is 8.60. The van der Waals surface area contributed by atoms with Crippen LogP contribution in [0, 0.1) is 5.92 Å². The molecule has 1 fully saturated rings. The number of methoxy groups -OCH3 is 1. The lowest BCUT2D eigenvalue weighted by molar-refractivity contribution is -0.128. The third-order valence-corrected chi connectivity index (χ3v) is 3.30. The number of benzene rings is 1. The number of nitrogens with zero attached hydrogens (tertiary/aromatic N) is 1. The number of β-amino-alcohol motifs (C(OH)–C–C–N with tert-alkyl or cyclic N) is 1. The van der Waals surface area contributed by atoms with Crippen molar-refractivity contribution in [1.29, 1.82) is 0 Å². The average molecular weight is 249 g/mol. The van der Waals surface area contributed by atoms with Crippen LogP contribution >= 0.6 is 0 Å². The van der Waals surface area contributed by atoms with Gasteiger partial charge in [0.1, 0.15) is 5.75 Å². The molecule has 4 nitrogen and oxygen atoms in total. The lowest BCUT2D eigenvalue weighted by Gasteiger charge is -2.20. The summed E-state index contributed by atoms with van der Waals surface area (Å²) in [4.78, 5) is 13.4. The standard InChI is InChI=1S/C14H19NO3/c1-10-7-14(17)15(8-10)9-13(16)11-3-5-12(18-2)6-4-11/h3-6,10,13,16H,7-9H2,1-2H3. The molecule has 2 atom stereocenters. The SMILES string of the molecule is COc1ccc(C(O)CN2CC(C)CC2=O)cc1. The van der Waals surface area contributed by atoms with Gasteiger partial charge in [-0.2, -0.15) is 0 Å². The molecule has 2 unspecified atom stereocenters. The highest BCUT2D eigenvalue weighted by Crippen LogP contribution is 2.22. The molecular weight excluding hydrogens is 230 g/mol. The molecule has 0 aliphatic carbocycles. The van der Waals surface area contributed by atoms with Crippen molar-refractivity contribution in [2.45, 2.75) is 19.4 Å². The Balaban J connectivity index is 1.98. The fourth-order valence-corrected chi connectivity index (χ4v) is 2.29. The molecule has 18 heavy (non-hydrogen) atoms. The zero-order valence-electron chi connectivity index (χ0n) is 10.8. The number of amides is 1. The Bertz CT molecular complexity index is 416. The Hall–Kier alpha value is -1.55. The molecule has 1 aliphatic rings. The minimum absolute atomic E-state index is 0.134. The van der Waals surface area contributed by atoms with Crippen LogP contribution in [0.4, 0.5) is 0 Å². The first kappa shape index (κ1) is 12.9. The van der Waals surface area contributed by atoms with Crippen LogP contribution in [0.1, 0.15) is 25.0 Å². The predicted molar refractivity (Wildman–Crippen MR) is 68.3 cm³/mol. The first-order valence-electron chi connectivity index (χ1n) is 6.20. The van der Waals surface area contributed by atoms with Crippen LogP contribution in [-0.2, 0) is 4.79 Å². The van der Waals surface area contributed by atoms with Crippen LogP contribution in [0.3, 0.4) is 0 Å². The second-order valence-corrected chi connectivity index (χ2v) is 4.90. The lowest BCUT2D eigenvalue weighted by Crippen LogP contribution is -2.30. The van der Waals surface area contributed by atoms with Crippen molar-refractivity contribution in [2.75, 3.05) is 20.2 Å². The number of hydrogen-bond donors (Lipinski definition) is 1. The Morgan fingerprint density at radius 3 is 2.61 bits per heavy atom. The van der Waals surface area contributed by atoms with Crippen molar-refractivity contribution in [3.8, 4) is 5.75 Å².